The third kappa shape index (κ3) is 2.93. The Morgan fingerprint density at radius 3 is 2.88 bits per heavy atom. The Balaban J connectivity index is 2.20. The molecule has 1 aromatic carbocycles. The van der Waals surface area contributed by atoms with Gasteiger partial charge in [-0.2, -0.15) is 0 Å². The first kappa shape index (κ1) is 12.7. The highest BCUT2D eigenvalue weighted by Crippen LogP contribution is 2.41. The van der Waals surface area contributed by atoms with Crippen molar-refractivity contribution in [2.24, 2.45) is 11.1 Å². The lowest BCUT2D eigenvalue weighted by Gasteiger charge is -2.25. The van der Waals surface area contributed by atoms with Crippen LogP contribution >= 0.6 is 11.6 Å². The first-order chi connectivity index (χ1) is 8.02. The standard InChI is InChI=1S/C14H20ClNO/c1-14(6-5-12(16)9-14)8-10-7-11(15)3-4-13(10)17-2/h3-4,7,12H,5-6,8-9,16H2,1-2H3. The lowest BCUT2D eigenvalue weighted by molar-refractivity contribution is 0.321. The van der Waals surface area contributed by atoms with Gasteiger partial charge in [0.2, 0.25) is 0 Å². The molecule has 1 saturated carbocycles. The molecule has 1 aliphatic rings. The number of methoxy groups -OCH3 is 1. The Morgan fingerprint density at radius 1 is 1.53 bits per heavy atom. The molecule has 0 aromatic heterocycles. The Labute approximate surface area is 108 Å². The van der Waals surface area contributed by atoms with Gasteiger partial charge in [-0.3, -0.25) is 0 Å². The van der Waals surface area contributed by atoms with Crippen LogP contribution in [0.15, 0.2) is 18.2 Å². The summed E-state index contributed by atoms with van der Waals surface area (Å²) in [5.41, 5.74) is 7.49. The smallest absolute Gasteiger partial charge is 0.122 e. The molecule has 2 atom stereocenters. The molecule has 3 heteroatoms. The van der Waals surface area contributed by atoms with Crippen molar-refractivity contribution in [3.8, 4) is 5.75 Å². The molecule has 1 fully saturated rings. The van der Waals surface area contributed by atoms with Gasteiger partial charge >= 0.3 is 0 Å². The van der Waals surface area contributed by atoms with Crippen molar-refractivity contribution in [2.75, 3.05) is 7.11 Å². The Morgan fingerprint density at radius 2 is 2.29 bits per heavy atom. The molecule has 2 unspecified atom stereocenters. The minimum absolute atomic E-state index is 0.289. The van der Waals surface area contributed by atoms with Crippen LogP contribution < -0.4 is 10.5 Å². The molecule has 0 amide bonds. The van der Waals surface area contributed by atoms with E-state index in [4.69, 9.17) is 22.1 Å². The molecule has 2 N–H and O–H groups in total. The molecular formula is C14H20ClNO. The fraction of sp³-hybridized carbons (Fsp3) is 0.571. The first-order valence-corrected chi connectivity index (χ1v) is 6.48. The molecule has 0 radical (unpaired) electrons. The normalized spacial score (nSPS) is 28.4. The maximum absolute atomic E-state index is 6.05. The Kier molecular flexibility index (Phi) is 3.64. The van der Waals surface area contributed by atoms with E-state index < -0.39 is 0 Å². The van der Waals surface area contributed by atoms with Crippen LogP contribution in [0.3, 0.4) is 0 Å². The summed E-state index contributed by atoms with van der Waals surface area (Å²) in [6.45, 7) is 2.31. The number of hydrogen-bond acceptors (Lipinski definition) is 2. The lowest BCUT2D eigenvalue weighted by Crippen LogP contribution is -2.21. The van der Waals surface area contributed by atoms with Gasteiger partial charge in [-0.25, -0.2) is 0 Å². The van der Waals surface area contributed by atoms with Gasteiger partial charge in [-0.15, -0.1) is 0 Å². The van der Waals surface area contributed by atoms with Gasteiger partial charge < -0.3 is 10.5 Å². The fourth-order valence-corrected chi connectivity index (χ4v) is 3.07. The first-order valence-electron chi connectivity index (χ1n) is 6.10. The average molecular weight is 254 g/mol. The number of benzene rings is 1. The number of rotatable bonds is 3. The van der Waals surface area contributed by atoms with Crippen LogP contribution in [0.5, 0.6) is 5.75 Å². The average Bonchev–Trinajstić information content (AvgIpc) is 2.59. The Bertz CT molecular complexity index is 407. The van der Waals surface area contributed by atoms with Crippen LogP contribution in [0, 0.1) is 5.41 Å². The molecule has 2 nitrogen and oxygen atoms in total. The number of hydrogen-bond donors (Lipinski definition) is 1. The van der Waals surface area contributed by atoms with Crippen LogP contribution in [-0.2, 0) is 6.42 Å². The van der Waals surface area contributed by atoms with Gasteiger partial charge in [0.25, 0.3) is 0 Å². The van der Waals surface area contributed by atoms with Gasteiger partial charge in [0.1, 0.15) is 5.75 Å². The minimum Gasteiger partial charge on any atom is -0.496 e. The molecule has 94 valence electrons. The van der Waals surface area contributed by atoms with Crippen LogP contribution in [0.1, 0.15) is 31.7 Å². The number of nitrogens with two attached hydrogens (primary N) is 1. The van der Waals surface area contributed by atoms with E-state index in [1.165, 1.54) is 12.0 Å². The van der Waals surface area contributed by atoms with Crippen LogP contribution in [0.4, 0.5) is 0 Å². The zero-order valence-corrected chi connectivity index (χ0v) is 11.3. The van der Waals surface area contributed by atoms with E-state index in [9.17, 15) is 0 Å². The van der Waals surface area contributed by atoms with Crippen LogP contribution in [0.25, 0.3) is 0 Å². The summed E-state index contributed by atoms with van der Waals surface area (Å²) in [4.78, 5) is 0. The number of ether oxygens (including phenoxy) is 1. The van der Waals surface area contributed by atoms with Gasteiger partial charge in [-0.1, -0.05) is 18.5 Å². The second-order valence-electron chi connectivity index (χ2n) is 5.45. The maximum atomic E-state index is 6.05. The third-order valence-electron chi connectivity index (χ3n) is 3.73. The molecule has 0 spiro atoms. The highest BCUT2D eigenvalue weighted by Gasteiger charge is 2.34. The third-order valence-corrected chi connectivity index (χ3v) is 3.97. The van der Waals surface area contributed by atoms with Crippen LogP contribution in [0.2, 0.25) is 5.02 Å². The summed E-state index contributed by atoms with van der Waals surface area (Å²) >= 11 is 6.05. The van der Waals surface area contributed by atoms with Gasteiger partial charge in [0, 0.05) is 11.1 Å². The highest BCUT2D eigenvalue weighted by molar-refractivity contribution is 6.30. The van der Waals surface area contributed by atoms with E-state index in [-0.39, 0.29) is 5.41 Å². The SMILES string of the molecule is COc1ccc(Cl)cc1CC1(C)CCC(N)C1. The highest BCUT2D eigenvalue weighted by atomic mass is 35.5. The van der Waals surface area contributed by atoms with Crippen LogP contribution in [-0.4, -0.2) is 13.2 Å². The summed E-state index contributed by atoms with van der Waals surface area (Å²) in [5.74, 6) is 0.927. The van der Waals surface area contributed by atoms with Gasteiger partial charge in [0.05, 0.1) is 7.11 Å². The second kappa shape index (κ2) is 4.87. The summed E-state index contributed by atoms with van der Waals surface area (Å²) in [6, 6.07) is 6.17. The molecule has 17 heavy (non-hydrogen) atoms. The van der Waals surface area contributed by atoms with Crippen molar-refractivity contribution in [3.05, 3.63) is 28.8 Å². The topological polar surface area (TPSA) is 35.2 Å². The molecule has 0 aliphatic heterocycles. The van der Waals surface area contributed by atoms with E-state index in [0.29, 0.717) is 6.04 Å². The van der Waals surface area contributed by atoms with E-state index in [2.05, 4.69) is 6.92 Å². The van der Waals surface area contributed by atoms with E-state index in [1.807, 2.05) is 18.2 Å². The second-order valence-corrected chi connectivity index (χ2v) is 5.88. The molecule has 0 saturated heterocycles. The quantitative estimate of drug-likeness (QED) is 0.896. The van der Waals surface area contributed by atoms with Gasteiger partial charge in [0.15, 0.2) is 0 Å². The summed E-state index contributed by atoms with van der Waals surface area (Å²) in [5, 5.41) is 0.770. The molecule has 1 aliphatic carbocycles. The summed E-state index contributed by atoms with van der Waals surface area (Å²) in [6.07, 6.45) is 4.39. The predicted molar refractivity (Wildman–Crippen MR) is 71.6 cm³/mol. The molecule has 1 aromatic rings. The summed E-state index contributed by atoms with van der Waals surface area (Å²) < 4.78 is 5.39. The molecular weight excluding hydrogens is 234 g/mol. The molecule has 2 rings (SSSR count). The number of halogens is 1. The zero-order valence-electron chi connectivity index (χ0n) is 10.5. The van der Waals surface area contributed by atoms with Crippen molar-refractivity contribution in [1.82, 2.24) is 0 Å². The molecule has 0 heterocycles. The fourth-order valence-electron chi connectivity index (χ4n) is 2.88. The lowest BCUT2D eigenvalue weighted by atomic mass is 9.81. The maximum Gasteiger partial charge on any atom is 0.122 e. The summed E-state index contributed by atoms with van der Waals surface area (Å²) in [7, 11) is 1.70. The van der Waals surface area contributed by atoms with E-state index in [0.717, 1.165) is 30.0 Å². The van der Waals surface area contributed by atoms with Crippen molar-refractivity contribution in [3.63, 3.8) is 0 Å². The van der Waals surface area contributed by atoms with Crippen molar-refractivity contribution < 1.29 is 4.74 Å². The van der Waals surface area contributed by atoms with E-state index in [1.54, 1.807) is 7.11 Å². The zero-order chi connectivity index (χ0) is 12.5. The van der Waals surface area contributed by atoms with Crippen molar-refractivity contribution in [1.29, 1.82) is 0 Å². The predicted octanol–water partition coefficient (Wildman–Crippen LogP) is 3.41. The van der Waals surface area contributed by atoms with E-state index >= 15 is 0 Å². The monoisotopic (exact) mass is 253 g/mol. The largest absolute Gasteiger partial charge is 0.496 e. The van der Waals surface area contributed by atoms with Gasteiger partial charge in [-0.05, 0) is 54.9 Å². The van der Waals surface area contributed by atoms with Crippen molar-refractivity contribution >= 4 is 11.6 Å². The minimum atomic E-state index is 0.289. The molecule has 0 bridgehead atoms. The Hall–Kier alpha value is -0.730. The van der Waals surface area contributed by atoms with Crippen molar-refractivity contribution in [2.45, 2.75) is 38.6 Å².